The van der Waals surface area contributed by atoms with Gasteiger partial charge in [0.15, 0.2) is 5.13 Å². The van der Waals surface area contributed by atoms with Crippen molar-refractivity contribution >= 4 is 38.6 Å². The van der Waals surface area contributed by atoms with E-state index in [1.165, 1.54) is 16.9 Å². The normalized spacial score (nSPS) is 15.0. The predicted octanol–water partition coefficient (Wildman–Crippen LogP) is 3.77. The van der Waals surface area contributed by atoms with Gasteiger partial charge in [0, 0.05) is 13.5 Å². The molecule has 0 spiro atoms. The summed E-state index contributed by atoms with van der Waals surface area (Å²) in [4.78, 5) is 31.7. The first-order chi connectivity index (χ1) is 15.1. The smallest absolute Gasteiger partial charge is 0.304 e. The second-order valence-corrected chi connectivity index (χ2v) is 10.9. The first-order valence-corrected chi connectivity index (χ1v) is 11.6. The van der Waals surface area contributed by atoms with E-state index in [0.29, 0.717) is 18.0 Å². The number of quaternary nitrogens is 1. The maximum absolute atomic E-state index is 13.7. The van der Waals surface area contributed by atoms with Gasteiger partial charge in [0.05, 0.1) is 49.7 Å². The summed E-state index contributed by atoms with van der Waals surface area (Å²) in [5.74, 6) is -1.13. The molecule has 3 aromatic rings. The van der Waals surface area contributed by atoms with Crippen LogP contribution in [0.1, 0.15) is 23.1 Å². The molecule has 2 aromatic carbocycles. The fraction of sp³-hybridized carbons (Fsp3) is 0.400. The van der Waals surface area contributed by atoms with Gasteiger partial charge in [-0.1, -0.05) is 41.7 Å². The van der Waals surface area contributed by atoms with E-state index < -0.39 is 11.4 Å². The van der Waals surface area contributed by atoms with Gasteiger partial charge in [0.25, 0.3) is 0 Å². The molecule has 6 nitrogen and oxygen atoms in total. The third-order valence-electron chi connectivity index (χ3n) is 6.22. The van der Waals surface area contributed by atoms with Crippen LogP contribution in [0.3, 0.4) is 0 Å². The summed E-state index contributed by atoms with van der Waals surface area (Å²) in [6, 6.07) is 14.1. The van der Waals surface area contributed by atoms with Crippen molar-refractivity contribution in [2.45, 2.75) is 25.7 Å². The Labute approximate surface area is 192 Å². The number of anilines is 1. The lowest BCUT2D eigenvalue weighted by Crippen LogP contribution is -2.44. The topological polar surface area (TPSA) is 70.5 Å². The zero-order valence-corrected chi connectivity index (χ0v) is 19.9. The molecule has 1 aromatic heterocycles. The molecule has 1 N–H and O–H groups in total. The van der Waals surface area contributed by atoms with Gasteiger partial charge in [-0.25, -0.2) is 4.98 Å². The summed E-state index contributed by atoms with van der Waals surface area (Å²) in [6.45, 7) is 1.03. The van der Waals surface area contributed by atoms with E-state index in [1.807, 2.05) is 24.3 Å². The number of carbonyl (C=O) groups is 2. The number of thiazole rings is 1. The van der Waals surface area contributed by atoms with Crippen molar-refractivity contribution in [2.24, 2.45) is 5.41 Å². The molecule has 168 valence electrons. The zero-order valence-electron chi connectivity index (χ0n) is 19.1. The Morgan fingerprint density at radius 3 is 2.38 bits per heavy atom. The third-order valence-corrected chi connectivity index (χ3v) is 7.34. The Morgan fingerprint density at radius 1 is 1.12 bits per heavy atom. The molecule has 7 heteroatoms. The summed E-state index contributed by atoms with van der Waals surface area (Å²) in [7, 11) is 8.24. The number of aromatic nitrogens is 1. The Bertz CT molecular complexity index is 1150. The highest BCUT2D eigenvalue weighted by Gasteiger charge is 2.47. The molecule has 1 heterocycles. The van der Waals surface area contributed by atoms with Gasteiger partial charge in [-0.15, -0.1) is 0 Å². The van der Waals surface area contributed by atoms with E-state index in [4.69, 9.17) is 4.98 Å². The van der Waals surface area contributed by atoms with Crippen molar-refractivity contribution in [1.82, 2.24) is 4.98 Å². The SMILES string of the molecule is CN(C(=O)C1(CC(=O)O)Cc2ccccc2C1)c1nc2cc(CC[N+](C)(C)C)ccc2s1. The molecule has 0 saturated heterocycles. The van der Waals surface area contributed by atoms with Crippen LogP contribution in [0, 0.1) is 5.41 Å². The van der Waals surface area contributed by atoms with Crippen LogP contribution in [0.25, 0.3) is 10.2 Å². The molecule has 0 saturated carbocycles. The zero-order chi connectivity index (χ0) is 23.1. The molecule has 0 atom stereocenters. The molecule has 0 fully saturated rings. The van der Waals surface area contributed by atoms with Gasteiger partial charge < -0.3 is 9.59 Å². The predicted molar refractivity (Wildman–Crippen MR) is 128 cm³/mol. The van der Waals surface area contributed by atoms with Crippen LogP contribution >= 0.6 is 11.3 Å². The minimum atomic E-state index is -0.974. The molecule has 0 aliphatic heterocycles. The Balaban J connectivity index is 1.60. The number of hydrogen-bond donors (Lipinski definition) is 1. The van der Waals surface area contributed by atoms with Crippen molar-refractivity contribution < 1.29 is 19.2 Å². The van der Waals surface area contributed by atoms with Crippen LogP contribution in [0.4, 0.5) is 5.13 Å². The minimum Gasteiger partial charge on any atom is -0.481 e. The van der Waals surface area contributed by atoms with Crippen molar-refractivity contribution in [1.29, 1.82) is 0 Å². The van der Waals surface area contributed by atoms with E-state index in [0.717, 1.165) is 38.8 Å². The Kier molecular flexibility index (Phi) is 5.81. The van der Waals surface area contributed by atoms with Crippen LogP contribution in [-0.2, 0) is 28.9 Å². The van der Waals surface area contributed by atoms with Crippen molar-refractivity contribution in [3.63, 3.8) is 0 Å². The molecule has 1 aliphatic carbocycles. The van der Waals surface area contributed by atoms with Gasteiger partial charge in [-0.2, -0.15) is 0 Å². The summed E-state index contributed by atoms with van der Waals surface area (Å²) in [5, 5.41) is 10.2. The van der Waals surface area contributed by atoms with E-state index in [2.05, 4.69) is 39.3 Å². The number of rotatable bonds is 7. The molecular weight excluding hydrogens is 422 g/mol. The number of amides is 1. The highest BCUT2D eigenvalue weighted by Crippen LogP contribution is 2.42. The standard InChI is InChI=1S/C25H29N3O3S/c1-27(23(31)25(16-22(29)30)14-18-7-5-6-8-19(18)15-25)24-26-20-13-17(9-10-21(20)32-24)11-12-28(2,3)4/h5-10,13H,11-12,14-16H2,1-4H3/p+1. The fourth-order valence-corrected chi connectivity index (χ4v) is 5.41. The summed E-state index contributed by atoms with van der Waals surface area (Å²) in [6.07, 6.45) is 1.66. The Morgan fingerprint density at radius 2 is 1.78 bits per heavy atom. The lowest BCUT2D eigenvalue weighted by molar-refractivity contribution is -0.870. The molecule has 0 unspecified atom stereocenters. The summed E-state index contributed by atoms with van der Waals surface area (Å²) in [5.41, 5.74) is 3.25. The molecular formula is C25H30N3O3S+. The van der Waals surface area contributed by atoms with E-state index in [1.54, 1.807) is 11.9 Å². The molecule has 1 amide bonds. The summed E-state index contributed by atoms with van der Waals surface area (Å²) < 4.78 is 1.92. The van der Waals surface area contributed by atoms with Gasteiger partial charge in [0.1, 0.15) is 0 Å². The molecule has 4 rings (SSSR count). The molecule has 32 heavy (non-hydrogen) atoms. The van der Waals surface area contributed by atoms with Crippen LogP contribution in [0.2, 0.25) is 0 Å². The average Bonchev–Trinajstić information content (AvgIpc) is 3.31. The van der Waals surface area contributed by atoms with Gasteiger partial charge in [-0.05, 0) is 41.7 Å². The highest BCUT2D eigenvalue weighted by molar-refractivity contribution is 7.22. The third kappa shape index (κ3) is 4.54. The van der Waals surface area contributed by atoms with Crippen LogP contribution in [0.15, 0.2) is 42.5 Å². The lowest BCUT2D eigenvalue weighted by Gasteiger charge is -2.30. The molecule has 0 radical (unpaired) electrons. The number of hydrogen-bond acceptors (Lipinski definition) is 4. The van der Waals surface area contributed by atoms with Crippen LogP contribution < -0.4 is 4.90 Å². The molecule has 1 aliphatic rings. The minimum absolute atomic E-state index is 0.180. The lowest BCUT2D eigenvalue weighted by atomic mass is 9.80. The number of carboxylic acids is 1. The second kappa shape index (κ2) is 8.30. The van der Waals surface area contributed by atoms with Crippen molar-refractivity contribution in [3.8, 4) is 0 Å². The fourth-order valence-electron chi connectivity index (χ4n) is 4.50. The average molecular weight is 453 g/mol. The Hall–Kier alpha value is -2.77. The number of nitrogens with zero attached hydrogens (tertiary/aromatic N) is 3. The maximum Gasteiger partial charge on any atom is 0.304 e. The number of fused-ring (bicyclic) bond motifs is 2. The number of carbonyl (C=O) groups excluding carboxylic acids is 1. The maximum atomic E-state index is 13.7. The van der Waals surface area contributed by atoms with Crippen molar-refractivity contribution in [3.05, 3.63) is 59.2 Å². The van der Waals surface area contributed by atoms with Crippen LogP contribution in [0.5, 0.6) is 0 Å². The first-order valence-electron chi connectivity index (χ1n) is 10.8. The van der Waals surface area contributed by atoms with Crippen molar-refractivity contribution in [2.75, 3.05) is 39.6 Å². The largest absolute Gasteiger partial charge is 0.481 e. The number of aliphatic carboxylic acids is 1. The van der Waals surface area contributed by atoms with Gasteiger partial charge >= 0.3 is 5.97 Å². The number of carboxylic acid groups (broad SMARTS) is 1. The second-order valence-electron chi connectivity index (χ2n) is 9.90. The highest BCUT2D eigenvalue weighted by atomic mass is 32.1. The number of benzene rings is 2. The monoisotopic (exact) mass is 452 g/mol. The summed E-state index contributed by atoms with van der Waals surface area (Å²) >= 11 is 1.47. The van der Waals surface area contributed by atoms with Crippen LogP contribution in [-0.4, -0.2) is 61.2 Å². The van der Waals surface area contributed by atoms with E-state index >= 15 is 0 Å². The van der Waals surface area contributed by atoms with E-state index in [9.17, 15) is 14.7 Å². The van der Waals surface area contributed by atoms with Gasteiger partial charge in [-0.3, -0.25) is 14.5 Å². The molecule has 0 bridgehead atoms. The van der Waals surface area contributed by atoms with Gasteiger partial charge in [0.2, 0.25) is 5.91 Å². The van der Waals surface area contributed by atoms with E-state index in [-0.39, 0.29) is 12.3 Å². The quantitative estimate of drug-likeness (QED) is 0.554. The first kappa shape index (κ1) is 22.4. The number of likely N-dealkylation sites (N-methyl/N-ethyl adjacent to an activating group) is 1.